The van der Waals surface area contributed by atoms with Gasteiger partial charge in [-0.3, -0.25) is 0 Å². The van der Waals surface area contributed by atoms with Gasteiger partial charge in [-0.1, -0.05) is 13.8 Å². The SMILES string of the molecule is CCC(CC)(NC(=O)N1CC(CO)OC(C)(C)C1)C(=O)O. The number of ether oxygens (including phenoxy) is 1. The quantitative estimate of drug-likeness (QED) is 0.698. The predicted octanol–water partition coefficient (Wildman–Crippen LogP) is 0.811. The Balaban J connectivity index is 2.84. The molecule has 2 amide bonds. The van der Waals surface area contributed by atoms with Gasteiger partial charge in [0.25, 0.3) is 0 Å². The van der Waals surface area contributed by atoms with Crippen LogP contribution in [0.5, 0.6) is 0 Å². The third-order valence-corrected chi connectivity index (χ3v) is 3.93. The topological polar surface area (TPSA) is 99.1 Å². The van der Waals surface area contributed by atoms with E-state index in [0.717, 1.165) is 0 Å². The molecule has 1 heterocycles. The molecule has 1 atom stereocenters. The number of aliphatic hydroxyl groups is 1. The molecule has 7 heteroatoms. The molecule has 1 aliphatic rings. The van der Waals surface area contributed by atoms with Gasteiger partial charge in [0.2, 0.25) is 0 Å². The third-order valence-electron chi connectivity index (χ3n) is 3.93. The van der Waals surface area contributed by atoms with E-state index in [4.69, 9.17) is 4.74 Å². The average Bonchev–Trinajstić information content (AvgIpc) is 2.42. The number of nitrogens with zero attached hydrogens (tertiary/aromatic N) is 1. The van der Waals surface area contributed by atoms with Gasteiger partial charge in [0.05, 0.1) is 31.4 Å². The Hall–Kier alpha value is -1.34. The van der Waals surface area contributed by atoms with Gasteiger partial charge in [-0.05, 0) is 26.7 Å². The molecule has 122 valence electrons. The number of hydrogen-bond acceptors (Lipinski definition) is 4. The number of carbonyl (C=O) groups excluding carboxylic acids is 1. The summed E-state index contributed by atoms with van der Waals surface area (Å²) < 4.78 is 5.65. The predicted molar refractivity (Wildman–Crippen MR) is 77.1 cm³/mol. The fourth-order valence-corrected chi connectivity index (χ4v) is 2.61. The van der Waals surface area contributed by atoms with Crippen LogP contribution in [-0.4, -0.2) is 64.1 Å². The second-order valence-corrected chi connectivity index (χ2v) is 6.09. The summed E-state index contributed by atoms with van der Waals surface area (Å²) in [6, 6.07) is -0.434. The molecule has 0 saturated carbocycles. The molecule has 0 aromatic heterocycles. The molecule has 1 aliphatic heterocycles. The molecule has 0 aliphatic carbocycles. The maximum Gasteiger partial charge on any atom is 0.329 e. The number of carboxylic acids is 1. The highest BCUT2D eigenvalue weighted by Gasteiger charge is 2.41. The van der Waals surface area contributed by atoms with Crippen LogP contribution in [0.1, 0.15) is 40.5 Å². The van der Waals surface area contributed by atoms with E-state index in [1.54, 1.807) is 13.8 Å². The molecular weight excluding hydrogens is 276 g/mol. The maximum atomic E-state index is 12.4. The van der Waals surface area contributed by atoms with Gasteiger partial charge in [-0.15, -0.1) is 0 Å². The van der Waals surface area contributed by atoms with E-state index in [2.05, 4.69) is 5.32 Å². The van der Waals surface area contributed by atoms with Crippen molar-refractivity contribution in [2.24, 2.45) is 0 Å². The second kappa shape index (κ2) is 6.62. The smallest absolute Gasteiger partial charge is 0.329 e. The van der Waals surface area contributed by atoms with Crippen LogP contribution in [0.4, 0.5) is 4.79 Å². The molecule has 7 nitrogen and oxygen atoms in total. The van der Waals surface area contributed by atoms with Crippen molar-refractivity contribution in [2.75, 3.05) is 19.7 Å². The van der Waals surface area contributed by atoms with Crippen molar-refractivity contribution in [3.63, 3.8) is 0 Å². The summed E-state index contributed by atoms with van der Waals surface area (Å²) in [6.07, 6.45) is 0.158. The minimum absolute atomic E-state index is 0.182. The van der Waals surface area contributed by atoms with Crippen molar-refractivity contribution in [2.45, 2.75) is 57.8 Å². The van der Waals surface area contributed by atoms with Crippen molar-refractivity contribution in [1.29, 1.82) is 0 Å². The van der Waals surface area contributed by atoms with Crippen LogP contribution < -0.4 is 5.32 Å². The minimum atomic E-state index is -1.26. The lowest BCUT2D eigenvalue weighted by atomic mass is 9.93. The highest BCUT2D eigenvalue weighted by atomic mass is 16.5. The Labute approximate surface area is 125 Å². The molecule has 1 rings (SSSR count). The average molecular weight is 302 g/mol. The van der Waals surface area contributed by atoms with E-state index >= 15 is 0 Å². The summed E-state index contributed by atoms with van der Waals surface area (Å²) in [5.41, 5.74) is -1.83. The number of morpholine rings is 1. The summed E-state index contributed by atoms with van der Waals surface area (Å²) in [6.45, 7) is 7.54. The molecule has 0 radical (unpaired) electrons. The minimum Gasteiger partial charge on any atom is -0.480 e. The Morgan fingerprint density at radius 2 is 1.95 bits per heavy atom. The van der Waals surface area contributed by atoms with Crippen LogP contribution in [0, 0.1) is 0 Å². The second-order valence-electron chi connectivity index (χ2n) is 6.09. The first kappa shape index (κ1) is 17.7. The molecule has 1 fully saturated rings. The van der Waals surface area contributed by atoms with Crippen LogP contribution in [-0.2, 0) is 9.53 Å². The zero-order valence-corrected chi connectivity index (χ0v) is 13.2. The number of amides is 2. The molecular formula is C14H26N2O5. The number of carboxylic acid groups (broad SMARTS) is 1. The molecule has 0 bridgehead atoms. The first-order valence-corrected chi connectivity index (χ1v) is 7.29. The number of carbonyl (C=O) groups is 2. The molecule has 1 saturated heterocycles. The van der Waals surface area contributed by atoms with E-state index in [0.29, 0.717) is 19.4 Å². The summed E-state index contributed by atoms with van der Waals surface area (Å²) in [7, 11) is 0. The zero-order valence-electron chi connectivity index (χ0n) is 13.2. The van der Waals surface area contributed by atoms with Crippen molar-refractivity contribution in [3.8, 4) is 0 Å². The number of aliphatic hydroxyl groups excluding tert-OH is 1. The largest absolute Gasteiger partial charge is 0.480 e. The van der Waals surface area contributed by atoms with Crippen LogP contribution in [0.3, 0.4) is 0 Å². The van der Waals surface area contributed by atoms with Gasteiger partial charge in [-0.2, -0.15) is 0 Å². The summed E-state index contributed by atoms with van der Waals surface area (Å²) in [4.78, 5) is 25.4. The van der Waals surface area contributed by atoms with Gasteiger partial charge in [0.15, 0.2) is 0 Å². The first-order valence-electron chi connectivity index (χ1n) is 7.29. The fraction of sp³-hybridized carbons (Fsp3) is 0.857. The number of nitrogens with one attached hydrogen (secondary N) is 1. The van der Waals surface area contributed by atoms with Gasteiger partial charge in [-0.25, -0.2) is 9.59 Å². The summed E-state index contributed by atoms with van der Waals surface area (Å²) in [5, 5.41) is 21.3. The third kappa shape index (κ3) is 4.07. The van der Waals surface area contributed by atoms with Gasteiger partial charge < -0.3 is 25.2 Å². The van der Waals surface area contributed by atoms with Crippen molar-refractivity contribution < 1.29 is 24.5 Å². The summed E-state index contributed by atoms with van der Waals surface area (Å²) >= 11 is 0. The Bertz CT molecular complexity index is 393. The molecule has 0 aromatic rings. The van der Waals surface area contributed by atoms with Gasteiger partial charge in [0, 0.05) is 0 Å². The van der Waals surface area contributed by atoms with Gasteiger partial charge in [0.1, 0.15) is 5.54 Å². The number of hydrogen-bond donors (Lipinski definition) is 3. The van der Waals surface area contributed by atoms with Crippen molar-refractivity contribution >= 4 is 12.0 Å². The molecule has 0 spiro atoms. The number of rotatable bonds is 5. The standard InChI is InChI=1S/C14H26N2O5/c1-5-14(6-2,11(18)19)15-12(20)16-7-10(8-17)21-13(3,4)9-16/h10,17H,5-9H2,1-4H3,(H,15,20)(H,18,19). The lowest BCUT2D eigenvalue weighted by Gasteiger charge is -2.43. The van der Waals surface area contributed by atoms with E-state index < -0.39 is 29.2 Å². The lowest BCUT2D eigenvalue weighted by molar-refractivity contribution is -0.146. The zero-order chi connectivity index (χ0) is 16.3. The molecule has 21 heavy (non-hydrogen) atoms. The van der Waals surface area contributed by atoms with Crippen LogP contribution in [0.15, 0.2) is 0 Å². The number of aliphatic carboxylic acids is 1. The van der Waals surface area contributed by atoms with Gasteiger partial charge >= 0.3 is 12.0 Å². The normalized spacial score (nSPS) is 22.0. The number of urea groups is 1. The maximum absolute atomic E-state index is 12.4. The monoisotopic (exact) mass is 302 g/mol. The van der Waals surface area contributed by atoms with Crippen LogP contribution in [0.2, 0.25) is 0 Å². The Morgan fingerprint density at radius 3 is 2.38 bits per heavy atom. The summed E-state index contributed by atoms with van der Waals surface area (Å²) in [5.74, 6) is -1.04. The van der Waals surface area contributed by atoms with E-state index in [-0.39, 0.29) is 13.2 Å². The molecule has 0 aromatic carbocycles. The lowest BCUT2D eigenvalue weighted by Crippen LogP contribution is -2.62. The van der Waals surface area contributed by atoms with E-state index in [1.165, 1.54) is 4.90 Å². The van der Waals surface area contributed by atoms with Crippen molar-refractivity contribution in [1.82, 2.24) is 10.2 Å². The van der Waals surface area contributed by atoms with E-state index in [1.807, 2.05) is 13.8 Å². The molecule has 3 N–H and O–H groups in total. The molecule has 1 unspecified atom stereocenters. The Morgan fingerprint density at radius 1 is 1.38 bits per heavy atom. The van der Waals surface area contributed by atoms with E-state index in [9.17, 15) is 19.8 Å². The van der Waals surface area contributed by atoms with Crippen LogP contribution >= 0.6 is 0 Å². The highest BCUT2D eigenvalue weighted by Crippen LogP contribution is 2.22. The highest BCUT2D eigenvalue weighted by molar-refractivity contribution is 5.86. The van der Waals surface area contributed by atoms with Crippen molar-refractivity contribution in [3.05, 3.63) is 0 Å². The fourth-order valence-electron chi connectivity index (χ4n) is 2.61. The Kier molecular flexibility index (Phi) is 5.58. The first-order chi connectivity index (χ1) is 9.69. The van der Waals surface area contributed by atoms with Crippen LogP contribution in [0.25, 0.3) is 0 Å².